The van der Waals surface area contributed by atoms with Gasteiger partial charge in [0, 0.05) is 25.0 Å². The van der Waals surface area contributed by atoms with E-state index in [2.05, 4.69) is 25.9 Å². The number of nitrogens with one attached hydrogen (secondary N) is 3. The average molecular weight is 505 g/mol. The highest BCUT2D eigenvalue weighted by Crippen LogP contribution is 2.16. The Balaban J connectivity index is 0.00000364. The van der Waals surface area contributed by atoms with Crippen molar-refractivity contribution in [3.05, 3.63) is 51.2 Å². The number of carbonyl (C=O) groups is 1. The van der Waals surface area contributed by atoms with E-state index in [1.165, 1.54) is 17.0 Å². The molecular weight excluding hydrogens is 480 g/mol. The number of aromatic nitrogens is 1. The summed E-state index contributed by atoms with van der Waals surface area (Å²) < 4.78 is 13.1. The highest BCUT2D eigenvalue weighted by Gasteiger charge is 2.06. The standard InChI is InChI=1S/C18H24FN5OS.HI/c1-12-16(26-13(2)24-12)11-23-18(20-3)22-8-7-21-17(25)10-14-5-4-6-15(19)9-14;/h4-6,9H,7-8,10-11H2,1-3H3,(H,21,25)(H2,20,22,23);1H. The molecule has 0 bridgehead atoms. The van der Waals surface area contributed by atoms with E-state index in [1.807, 2.05) is 13.8 Å². The van der Waals surface area contributed by atoms with Crippen LogP contribution in [0.15, 0.2) is 29.3 Å². The van der Waals surface area contributed by atoms with E-state index in [0.717, 1.165) is 10.7 Å². The van der Waals surface area contributed by atoms with Gasteiger partial charge in [0.15, 0.2) is 5.96 Å². The largest absolute Gasteiger partial charge is 0.355 e. The number of nitrogens with zero attached hydrogens (tertiary/aromatic N) is 2. The maximum atomic E-state index is 13.1. The van der Waals surface area contributed by atoms with Crippen molar-refractivity contribution in [3.63, 3.8) is 0 Å². The summed E-state index contributed by atoms with van der Waals surface area (Å²) in [4.78, 5) is 21.6. The van der Waals surface area contributed by atoms with Crippen molar-refractivity contribution in [2.24, 2.45) is 4.99 Å². The zero-order chi connectivity index (χ0) is 18.9. The number of rotatable bonds is 7. The summed E-state index contributed by atoms with van der Waals surface area (Å²) in [5.41, 5.74) is 1.68. The lowest BCUT2D eigenvalue weighted by Crippen LogP contribution is -2.41. The Labute approximate surface area is 180 Å². The SMILES string of the molecule is CN=C(NCCNC(=O)Cc1cccc(F)c1)NCc1sc(C)nc1C.I. The lowest BCUT2D eigenvalue weighted by molar-refractivity contribution is -0.120. The number of guanidine groups is 1. The molecule has 2 aromatic rings. The van der Waals surface area contributed by atoms with E-state index in [0.29, 0.717) is 31.2 Å². The second-order valence-electron chi connectivity index (χ2n) is 5.75. The molecule has 0 aliphatic heterocycles. The molecule has 1 heterocycles. The van der Waals surface area contributed by atoms with Crippen LogP contribution in [-0.4, -0.2) is 37.0 Å². The number of aliphatic imine (C=N–C) groups is 1. The Hall–Kier alpha value is -1.75. The molecule has 0 radical (unpaired) electrons. The monoisotopic (exact) mass is 505 g/mol. The molecule has 2 rings (SSSR count). The fraction of sp³-hybridized carbons (Fsp3) is 0.389. The van der Waals surface area contributed by atoms with Gasteiger partial charge in [0.25, 0.3) is 0 Å². The molecule has 1 aromatic carbocycles. The lowest BCUT2D eigenvalue weighted by Gasteiger charge is -2.12. The third-order valence-electron chi connectivity index (χ3n) is 3.63. The first kappa shape index (κ1) is 23.3. The van der Waals surface area contributed by atoms with Gasteiger partial charge in [0.05, 0.1) is 23.7 Å². The van der Waals surface area contributed by atoms with Crippen molar-refractivity contribution < 1.29 is 9.18 Å². The molecule has 0 spiro atoms. The number of halogens is 2. The number of carbonyl (C=O) groups excluding carboxylic acids is 1. The number of thiazole rings is 1. The molecule has 0 aliphatic carbocycles. The van der Waals surface area contributed by atoms with Gasteiger partial charge in [0.2, 0.25) is 5.91 Å². The van der Waals surface area contributed by atoms with Crippen molar-refractivity contribution in [1.82, 2.24) is 20.9 Å². The smallest absolute Gasteiger partial charge is 0.224 e. The zero-order valence-corrected chi connectivity index (χ0v) is 18.8. The van der Waals surface area contributed by atoms with Crippen LogP contribution in [0.25, 0.3) is 0 Å². The van der Waals surface area contributed by atoms with Crippen molar-refractivity contribution in [2.45, 2.75) is 26.8 Å². The second kappa shape index (κ2) is 11.9. The normalized spacial score (nSPS) is 10.9. The van der Waals surface area contributed by atoms with Crippen LogP contribution < -0.4 is 16.0 Å². The molecule has 0 fully saturated rings. The zero-order valence-electron chi connectivity index (χ0n) is 15.6. The van der Waals surface area contributed by atoms with Crippen LogP contribution in [0.3, 0.4) is 0 Å². The number of aryl methyl sites for hydroxylation is 2. The third-order valence-corrected chi connectivity index (χ3v) is 4.71. The summed E-state index contributed by atoms with van der Waals surface area (Å²) in [5, 5.41) is 10.2. The number of hydrogen-bond acceptors (Lipinski definition) is 4. The first-order valence-electron chi connectivity index (χ1n) is 8.36. The highest BCUT2D eigenvalue weighted by molar-refractivity contribution is 14.0. The molecule has 0 aliphatic rings. The van der Waals surface area contributed by atoms with Crippen LogP contribution in [0.2, 0.25) is 0 Å². The minimum atomic E-state index is -0.335. The predicted molar refractivity (Wildman–Crippen MR) is 118 cm³/mol. The molecule has 1 aromatic heterocycles. The van der Waals surface area contributed by atoms with E-state index >= 15 is 0 Å². The van der Waals surface area contributed by atoms with Gasteiger partial charge in [-0.1, -0.05) is 12.1 Å². The lowest BCUT2D eigenvalue weighted by atomic mass is 10.1. The minimum Gasteiger partial charge on any atom is -0.355 e. The van der Waals surface area contributed by atoms with Crippen molar-refractivity contribution in [2.75, 3.05) is 20.1 Å². The summed E-state index contributed by atoms with van der Waals surface area (Å²) in [6.07, 6.45) is 0.161. The Morgan fingerprint density at radius 2 is 1.96 bits per heavy atom. The van der Waals surface area contributed by atoms with E-state index in [9.17, 15) is 9.18 Å². The van der Waals surface area contributed by atoms with E-state index < -0.39 is 0 Å². The maximum Gasteiger partial charge on any atom is 0.224 e. The maximum absolute atomic E-state index is 13.1. The predicted octanol–water partition coefficient (Wildman–Crippen LogP) is 2.54. The molecule has 0 unspecified atom stereocenters. The van der Waals surface area contributed by atoms with Gasteiger partial charge in [-0.05, 0) is 31.5 Å². The van der Waals surface area contributed by atoms with Crippen LogP contribution in [0.5, 0.6) is 0 Å². The molecule has 0 saturated carbocycles. The Bertz CT molecular complexity index is 781. The van der Waals surface area contributed by atoms with Gasteiger partial charge in [-0.3, -0.25) is 9.79 Å². The second-order valence-corrected chi connectivity index (χ2v) is 7.04. The van der Waals surface area contributed by atoms with E-state index in [4.69, 9.17) is 0 Å². The van der Waals surface area contributed by atoms with Gasteiger partial charge < -0.3 is 16.0 Å². The van der Waals surface area contributed by atoms with Crippen LogP contribution >= 0.6 is 35.3 Å². The number of benzene rings is 1. The van der Waals surface area contributed by atoms with Crippen molar-refractivity contribution in [3.8, 4) is 0 Å². The first-order valence-corrected chi connectivity index (χ1v) is 9.18. The van der Waals surface area contributed by atoms with Crippen molar-refractivity contribution in [1.29, 1.82) is 0 Å². The molecule has 0 saturated heterocycles. The van der Waals surface area contributed by atoms with Gasteiger partial charge in [-0.25, -0.2) is 9.37 Å². The molecule has 27 heavy (non-hydrogen) atoms. The summed E-state index contributed by atoms with van der Waals surface area (Å²) in [5.74, 6) is 0.184. The molecule has 1 amide bonds. The first-order chi connectivity index (χ1) is 12.5. The topological polar surface area (TPSA) is 78.4 Å². The summed E-state index contributed by atoms with van der Waals surface area (Å²) >= 11 is 1.66. The van der Waals surface area contributed by atoms with Crippen LogP contribution in [-0.2, 0) is 17.8 Å². The Morgan fingerprint density at radius 3 is 2.59 bits per heavy atom. The van der Waals surface area contributed by atoms with Crippen LogP contribution in [0.4, 0.5) is 4.39 Å². The third kappa shape index (κ3) is 8.21. The fourth-order valence-electron chi connectivity index (χ4n) is 2.40. The average Bonchev–Trinajstić information content (AvgIpc) is 2.91. The highest BCUT2D eigenvalue weighted by atomic mass is 127. The summed E-state index contributed by atoms with van der Waals surface area (Å²) in [7, 11) is 1.70. The minimum absolute atomic E-state index is 0. The van der Waals surface area contributed by atoms with E-state index in [1.54, 1.807) is 30.5 Å². The summed E-state index contributed by atoms with van der Waals surface area (Å²) in [6.45, 7) is 5.62. The summed E-state index contributed by atoms with van der Waals surface area (Å²) in [6, 6.07) is 6.06. The fourth-order valence-corrected chi connectivity index (χ4v) is 3.28. The van der Waals surface area contributed by atoms with Gasteiger partial charge in [-0.2, -0.15) is 0 Å². The molecule has 0 atom stereocenters. The molecule has 6 nitrogen and oxygen atoms in total. The Kier molecular flexibility index (Phi) is 10.2. The van der Waals surface area contributed by atoms with Gasteiger partial charge in [-0.15, -0.1) is 35.3 Å². The Morgan fingerprint density at radius 1 is 1.22 bits per heavy atom. The molecular formula is C18H25FIN5OS. The van der Waals surface area contributed by atoms with Gasteiger partial charge >= 0.3 is 0 Å². The molecule has 3 N–H and O–H groups in total. The molecule has 148 valence electrons. The van der Waals surface area contributed by atoms with E-state index in [-0.39, 0.29) is 42.1 Å². The van der Waals surface area contributed by atoms with Crippen LogP contribution in [0, 0.1) is 19.7 Å². The van der Waals surface area contributed by atoms with Gasteiger partial charge in [0.1, 0.15) is 5.82 Å². The molecule has 9 heteroatoms. The van der Waals surface area contributed by atoms with Crippen LogP contribution in [0.1, 0.15) is 21.1 Å². The van der Waals surface area contributed by atoms with Crippen molar-refractivity contribution >= 4 is 47.2 Å². The quantitative estimate of drug-likeness (QED) is 0.234. The number of hydrogen-bond donors (Lipinski definition) is 3. The number of amides is 1.